The Labute approximate surface area is 194 Å². The van der Waals surface area contributed by atoms with Crippen LogP contribution in [0.2, 0.25) is 10.0 Å². The molecule has 0 fully saturated rings. The van der Waals surface area contributed by atoms with Gasteiger partial charge in [0.05, 0.1) is 10.0 Å². The smallest absolute Gasteiger partial charge is 0.261 e. The van der Waals surface area contributed by atoms with Crippen LogP contribution in [0.3, 0.4) is 0 Å². The van der Waals surface area contributed by atoms with Gasteiger partial charge in [0.1, 0.15) is 11.8 Å². The standard InChI is InChI=1S/C24H30Cl2N2O3/c1-5-22(24(30)27-6-2)28(14-17-7-12-20(25)21(26)13-17)23(29)15-31-19-10-8-18(9-11-19)16(3)4/h7-13,16,22H,5-6,14-15H2,1-4H3,(H,27,30). The average Bonchev–Trinajstić information content (AvgIpc) is 2.74. The summed E-state index contributed by atoms with van der Waals surface area (Å²) in [5, 5.41) is 3.65. The molecule has 0 aromatic heterocycles. The lowest BCUT2D eigenvalue weighted by Crippen LogP contribution is -2.50. The molecule has 168 valence electrons. The Balaban J connectivity index is 2.19. The molecule has 1 unspecified atom stereocenters. The van der Waals surface area contributed by atoms with E-state index in [4.69, 9.17) is 27.9 Å². The minimum Gasteiger partial charge on any atom is -0.484 e. The number of carbonyl (C=O) groups excluding carboxylic acids is 2. The molecule has 0 aliphatic heterocycles. The summed E-state index contributed by atoms with van der Waals surface area (Å²) in [6.45, 7) is 8.50. The van der Waals surface area contributed by atoms with Gasteiger partial charge in [-0.1, -0.05) is 62.2 Å². The molecule has 0 heterocycles. The molecule has 2 amide bonds. The zero-order valence-electron chi connectivity index (χ0n) is 18.5. The zero-order chi connectivity index (χ0) is 23.0. The number of amides is 2. The van der Waals surface area contributed by atoms with Crippen LogP contribution in [0.1, 0.15) is 51.2 Å². The predicted octanol–water partition coefficient (Wildman–Crippen LogP) is 5.44. The van der Waals surface area contributed by atoms with Gasteiger partial charge in [-0.2, -0.15) is 0 Å². The number of hydrogen-bond acceptors (Lipinski definition) is 3. The molecular formula is C24H30Cl2N2O3. The number of carbonyl (C=O) groups is 2. The first-order chi connectivity index (χ1) is 14.8. The summed E-state index contributed by atoms with van der Waals surface area (Å²) in [7, 11) is 0. The number of ether oxygens (including phenoxy) is 1. The number of benzene rings is 2. The third kappa shape index (κ3) is 7.15. The van der Waals surface area contributed by atoms with Crippen molar-refractivity contribution in [3.63, 3.8) is 0 Å². The van der Waals surface area contributed by atoms with Crippen LogP contribution in [-0.4, -0.2) is 35.9 Å². The second-order valence-corrected chi connectivity index (χ2v) is 8.42. The topological polar surface area (TPSA) is 58.6 Å². The van der Waals surface area contributed by atoms with E-state index >= 15 is 0 Å². The third-order valence-electron chi connectivity index (χ3n) is 4.98. The van der Waals surface area contributed by atoms with Gasteiger partial charge < -0.3 is 15.0 Å². The Bertz CT molecular complexity index is 885. The van der Waals surface area contributed by atoms with Crippen LogP contribution >= 0.6 is 23.2 Å². The lowest BCUT2D eigenvalue weighted by atomic mass is 10.0. The molecular weight excluding hydrogens is 435 g/mol. The molecule has 5 nitrogen and oxygen atoms in total. The summed E-state index contributed by atoms with van der Waals surface area (Å²) < 4.78 is 5.73. The van der Waals surface area contributed by atoms with Gasteiger partial charge in [-0.3, -0.25) is 9.59 Å². The van der Waals surface area contributed by atoms with Crippen LogP contribution in [0.4, 0.5) is 0 Å². The minimum absolute atomic E-state index is 0.168. The lowest BCUT2D eigenvalue weighted by molar-refractivity contribution is -0.142. The molecule has 7 heteroatoms. The fourth-order valence-corrected chi connectivity index (χ4v) is 3.54. The van der Waals surface area contributed by atoms with Gasteiger partial charge in [0.15, 0.2) is 6.61 Å². The van der Waals surface area contributed by atoms with Crippen LogP contribution in [0, 0.1) is 0 Å². The lowest BCUT2D eigenvalue weighted by Gasteiger charge is -2.30. The third-order valence-corrected chi connectivity index (χ3v) is 5.72. The molecule has 1 N–H and O–H groups in total. The number of nitrogens with one attached hydrogen (secondary N) is 1. The summed E-state index contributed by atoms with van der Waals surface area (Å²) in [4.78, 5) is 27.3. The molecule has 2 aromatic carbocycles. The first-order valence-corrected chi connectivity index (χ1v) is 11.3. The molecule has 0 aliphatic carbocycles. The van der Waals surface area contributed by atoms with Gasteiger partial charge in [-0.15, -0.1) is 0 Å². The van der Waals surface area contributed by atoms with Crippen molar-refractivity contribution < 1.29 is 14.3 Å². The maximum absolute atomic E-state index is 13.1. The quantitative estimate of drug-likeness (QED) is 0.509. The van der Waals surface area contributed by atoms with E-state index in [1.54, 1.807) is 18.2 Å². The Morgan fingerprint density at radius 1 is 1.03 bits per heavy atom. The highest BCUT2D eigenvalue weighted by Gasteiger charge is 2.28. The number of rotatable bonds is 10. The van der Waals surface area contributed by atoms with Crippen LogP contribution in [0.15, 0.2) is 42.5 Å². The fraction of sp³-hybridized carbons (Fsp3) is 0.417. The van der Waals surface area contributed by atoms with Crippen molar-refractivity contribution >= 4 is 35.0 Å². The molecule has 0 spiro atoms. The molecule has 0 bridgehead atoms. The van der Waals surface area contributed by atoms with Crippen molar-refractivity contribution in [2.45, 2.75) is 52.6 Å². The molecule has 0 aliphatic rings. The van der Waals surface area contributed by atoms with Gasteiger partial charge in [0.2, 0.25) is 5.91 Å². The van der Waals surface area contributed by atoms with Crippen LogP contribution in [0.5, 0.6) is 5.75 Å². The van der Waals surface area contributed by atoms with E-state index in [9.17, 15) is 9.59 Å². The van der Waals surface area contributed by atoms with Crippen molar-refractivity contribution in [1.82, 2.24) is 10.2 Å². The van der Waals surface area contributed by atoms with Gasteiger partial charge in [-0.05, 0) is 54.7 Å². The largest absolute Gasteiger partial charge is 0.484 e. The first kappa shape index (κ1) is 25.0. The van der Waals surface area contributed by atoms with E-state index in [2.05, 4.69) is 19.2 Å². The van der Waals surface area contributed by atoms with Crippen molar-refractivity contribution in [3.05, 3.63) is 63.6 Å². The summed E-state index contributed by atoms with van der Waals surface area (Å²) >= 11 is 12.2. The molecule has 0 saturated carbocycles. The van der Waals surface area contributed by atoms with Gasteiger partial charge in [0.25, 0.3) is 5.91 Å². The molecule has 31 heavy (non-hydrogen) atoms. The fourth-order valence-electron chi connectivity index (χ4n) is 3.22. The summed E-state index contributed by atoms with van der Waals surface area (Å²) in [6.07, 6.45) is 0.474. The normalized spacial score (nSPS) is 11.8. The highest BCUT2D eigenvalue weighted by molar-refractivity contribution is 6.42. The number of nitrogens with zero attached hydrogens (tertiary/aromatic N) is 1. The molecule has 1 atom stereocenters. The Hall–Kier alpha value is -2.24. The van der Waals surface area contributed by atoms with Gasteiger partial charge >= 0.3 is 0 Å². The van der Waals surface area contributed by atoms with E-state index < -0.39 is 6.04 Å². The monoisotopic (exact) mass is 464 g/mol. The molecule has 2 aromatic rings. The maximum atomic E-state index is 13.1. The van der Waals surface area contributed by atoms with Crippen molar-refractivity contribution in [1.29, 1.82) is 0 Å². The zero-order valence-corrected chi connectivity index (χ0v) is 20.0. The second-order valence-electron chi connectivity index (χ2n) is 7.60. The maximum Gasteiger partial charge on any atom is 0.261 e. The van der Waals surface area contributed by atoms with Crippen LogP contribution in [-0.2, 0) is 16.1 Å². The molecule has 0 saturated heterocycles. The first-order valence-electron chi connectivity index (χ1n) is 10.5. The Kier molecular flexibility index (Phi) is 9.66. The van der Waals surface area contributed by atoms with Gasteiger partial charge in [-0.25, -0.2) is 0 Å². The van der Waals surface area contributed by atoms with E-state index in [1.165, 1.54) is 10.5 Å². The number of likely N-dealkylation sites (N-methyl/N-ethyl adjacent to an activating group) is 1. The highest BCUT2D eigenvalue weighted by atomic mass is 35.5. The Morgan fingerprint density at radius 2 is 1.71 bits per heavy atom. The summed E-state index contributed by atoms with van der Waals surface area (Å²) in [5.74, 6) is 0.551. The van der Waals surface area contributed by atoms with E-state index in [1.807, 2.05) is 38.1 Å². The summed E-state index contributed by atoms with van der Waals surface area (Å²) in [6, 6.07) is 12.3. The predicted molar refractivity (Wildman–Crippen MR) is 126 cm³/mol. The van der Waals surface area contributed by atoms with Crippen molar-refractivity contribution in [2.75, 3.05) is 13.2 Å². The second kappa shape index (κ2) is 12.0. The van der Waals surface area contributed by atoms with Crippen LogP contribution < -0.4 is 10.1 Å². The van der Waals surface area contributed by atoms with Crippen LogP contribution in [0.25, 0.3) is 0 Å². The molecule has 2 rings (SSSR count). The van der Waals surface area contributed by atoms with E-state index in [-0.39, 0.29) is 25.0 Å². The highest BCUT2D eigenvalue weighted by Crippen LogP contribution is 2.24. The van der Waals surface area contributed by atoms with E-state index in [0.717, 1.165) is 5.56 Å². The average molecular weight is 465 g/mol. The SMILES string of the molecule is CCNC(=O)C(CC)N(Cc1ccc(Cl)c(Cl)c1)C(=O)COc1ccc(C(C)C)cc1. The Morgan fingerprint density at radius 3 is 2.26 bits per heavy atom. The number of hydrogen-bond donors (Lipinski definition) is 1. The van der Waals surface area contributed by atoms with Gasteiger partial charge in [0, 0.05) is 13.1 Å². The summed E-state index contributed by atoms with van der Waals surface area (Å²) in [5.41, 5.74) is 1.98. The van der Waals surface area contributed by atoms with E-state index in [0.29, 0.717) is 34.7 Å². The molecule has 0 radical (unpaired) electrons. The van der Waals surface area contributed by atoms with Crippen molar-refractivity contribution in [2.24, 2.45) is 0 Å². The minimum atomic E-state index is -0.617. The number of halogens is 2. The van der Waals surface area contributed by atoms with Crippen molar-refractivity contribution in [3.8, 4) is 5.75 Å².